The Morgan fingerprint density at radius 3 is 2.73 bits per heavy atom. The molecule has 3 nitrogen and oxygen atoms in total. The maximum Gasteiger partial charge on any atom is 0.150 e. The van der Waals surface area contributed by atoms with Gasteiger partial charge in [-0.15, -0.1) is 0 Å². The number of hydrogen-bond acceptors (Lipinski definition) is 2. The molecule has 1 saturated heterocycles. The summed E-state index contributed by atoms with van der Waals surface area (Å²) in [5, 5.41) is 6.06. The predicted molar refractivity (Wildman–Crippen MR) is 91.7 cm³/mol. The summed E-state index contributed by atoms with van der Waals surface area (Å²) >= 11 is 3.58. The van der Waals surface area contributed by atoms with Gasteiger partial charge in [-0.3, -0.25) is 0 Å². The van der Waals surface area contributed by atoms with Gasteiger partial charge in [0.1, 0.15) is 5.69 Å². The summed E-state index contributed by atoms with van der Waals surface area (Å²) < 4.78 is 9.07. The number of nitrogens with zero attached hydrogens (tertiary/aromatic N) is 2. The Hall–Kier alpha value is -1.65. The molecular weight excluding hydrogens is 340 g/mol. The molecular formula is C18H17BrN2O. The third kappa shape index (κ3) is 2.46. The second-order valence-corrected chi connectivity index (χ2v) is 6.56. The van der Waals surface area contributed by atoms with E-state index in [-0.39, 0.29) is 6.23 Å². The highest BCUT2D eigenvalue weighted by atomic mass is 79.9. The first-order chi connectivity index (χ1) is 10.8. The zero-order chi connectivity index (χ0) is 14.9. The first kappa shape index (κ1) is 14.0. The average molecular weight is 357 g/mol. The highest BCUT2D eigenvalue weighted by Crippen LogP contribution is 2.34. The lowest BCUT2D eigenvalue weighted by molar-refractivity contribution is -0.0365. The Morgan fingerprint density at radius 1 is 1.09 bits per heavy atom. The first-order valence-electron chi connectivity index (χ1n) is 7.68. The van der Waals surface area contributed by atoms with E-state index in [0.717, 1.165) is 46.1 Å². The molecule has 0 spiro atoms. The van der Waals surface area contributed by atoms with E-state index in [4.69, 9.17) is 9.84 Å². The first-order valence-corrected chi connectivity index (χ1v) is 8.47. The van der Waals surface area contributed by atoms with E-state index in [9.17, 15) is 0 Å². The summed E-state index contributed by atoms with van der Waals surface area (Å²) in [6.07, 6.45) is 3.42. The molecule has 22 heavy (non-hydrogen) atoms. The molecule has 1 aliphatic rings. The highest BCUT2D eigenvalue weighted by Gasteiger charge is 2.21. The summed E-state index contributed by atoms with van der Waals surface area (Å²) in [7, 11) is 0. The number of halogens is 1. The highest BCUT2D eigenvalue weighted by molar-refractivity contribution is 9.10. The molecule has 1 fully saturated rings. The van der Waals surface area contributed by atoms with E-state index in [1.165, 1.54) is 6.42 Å². The smallest absolute Gasteiger partial charge is 0.150 e. The van der Waals surface area contributed by atoms with Gasteiger partial charge in [-0.1, -0.05) is 46.3 Å². The predicted octanol–water partition coefficient (Wildman–Crippen LogP) is 5.16. The molecule has 0 amide bonds. The molecule has 0 N–H and O–H groups in total. The Bertz CT molecular complexity index is 791. The Morgan fingerprint density at radius 2 is 1.95 bits per heavy atom. The van der Waals surface area contributed by atoms with Crippen LogP contribution in [0.1, 0.15) is 25.5 Å². The maximum absolute atomic E-state index is 5.94. The Kier molecular flexibility index (Phi) is 3.72. The lowest BCUT2D eigenvalue weighted by Gasteiger charge is -2.23. The topological polar surface area (TPSA) is 27.1 Å². The van der Waals surface area contributed by atoms with Gasteiger partial charge in [-0.25, -0.2) is 4.68 Å². The SMILES string of the molecule is Brc1ccc2c(c1)c(-c1ccccc1)nn2C1CCCCO1. The van der Waals surface area contributed by atoms with Gasteiger partial charge in [0.25, 0.3) is 0 Å². The van der Waals surface area contributed by atoms with Crippen molar-refractivity contribution in [1.29, 1.82) is 0 Å². The maximum atomic E-state index is 5.94. The van der Waals surface area contributed by atoms with E-state index >= 15 is 0 Å². The van der Waals surface area contributed by atoms with Crippen molar-refractivity contribution in [2.24, 2.45) is 0 Å². The fraction of sp³-hybridized carbons (Fsp3) is 0.278. The largest absolute Gasteiger partial charge is 0.356 e. The molecule has 1 unspecified atom stereocenters. The van der Waals surface area contributed by atoms with Gasteiger partial charge in [0.05, 0.1) is 5.52 Å². The number of rotatable bonds is 2. The van der Waals surface area contributed by atoms with E-state index in [1.54, 1.807) is 0 Å². The van der Waals surface area contributed by atoms with Gasteiger partial charge in [0, 0.05) is 22.0 Å². The fourth-order valence-electron chi connectivity index (χ4n) is 3.06. The molecule has 1 aliphatic heterocycles. The van der Waals surface area contributed by atoms with Gasteiger partial charge in [0.2, 0.25) is 0 Å². The van der Waals surface area contributed by atoms with E-state index in [2.05, 4.69) is 63.1 Å². The van der Waals surface area contributed by atoms with E-state index < -0.39 is 0 Å². The summed E-state index contributed by atoms with van der Waals surface area (Å²) in [5.41, 5.74) is 3.29. The van der Waals surface area contributed by atoms with Crippen molar-refractivity contribution in [3.05, 3.63) is 53.0 Å². The van der Waals surface area contributed by atoms with Crippen LogP contribution >= 0.6 is 15.9 Å². The number of fused-ring (bicyclic) bond motifs is 1. The van der Waals surface area contributed by atoms with Crippen LogP contribution in [0.2, 0.25) is 0 Å². The fourth-order valence-corrected chi connectivity index (χ4v) is 3.42. The molecule has 1 aromatic heterocycles. The molecule has 4 rings (SSSR count). The Balaban J connectivity index is 1.91. The van der Waals surface area contributed by atoms with Crippen molar-refractivity contribution in [2.45, 2.75) is 25.5 Å². The van der Waals surface area contributed by atoms with Crippen LogP contribution in [0.15, 0.2) is 53.0 Å². The molecule has 3 aromatic rings. The zero-order valence-electron chi connectivity index (χ0n) is 12.2. The number of ether oxygens (including phenoxy) is 1. The van der Waals surface area contributed by atoms with Gasteiger partial charge in [-0.2, -0.15) is 5.10 Å². The molecule has 2 heterocycles. The van der Waals surface area contributed by atoms with Gasteiger partial charge in [-0.05, 0) is 37.5 Å². The van der Waals surface area contributed by atoms with Crippen LogP contribution in [0.5, 0.6) is 0 Å². The summed E-state index contributed by atoms with van der Waals surface area (Å²) in [6, 6.07) is 16.7. The van der Waals surface area contributed by atoms with Crippen molar-refractivity contribution in [3.8, 4) is 11.3 Å². The summed E-state index contributed by atoms with van der Waals surface area (Å²) in [5.74, 6) is 0. The van der Waals surface area contributed by atoms with Gasteiger partial charge < -0.3 is 4.74 Å². The molecule has 0 bridgehead atoms. The minimum absolute atomic E-state index is 0.0508. The average Bonchev–Trinajstić information content (AvgIpc) is 2.95. The minimum atomic E-state index is 0.0508. The molecule has 4 heteroatoms. The van der Waals surface area contributed by atoms with Crippen LogP contribution in [-0.4, -0.2) is 16.4 Å². The third-order valence-electron chi connectivity index (χ3n) is 4.14. The van der Waals surface area contributed by atoms with E-state index in [0.29, 0.717) is 0 Å². The van der Waals surface area contributed by atoms with E-state index in [1.807, 2.05) is 6.07 Å². The number of aromatic nitrogens is 2. The van der Waals surface area contributed by atoms with Crippen molar-refractivity contribution in [2.75, 3.05) is 6.61 Å². The van der Waals surface area contributed by atoms with Gasteiger partial charge in [0.15, 0.2) is 6.23 Å². The van der Waals surface area contributed by atoms with Crippen molar-refractivity contribution >= 4 is 26.8 Å². The molecule has 2 aromatic carbocycles. The summed E-state index contributed by atoms with van der Waals surface area (Å²) in [4.78, 5) is 0. The summed E-state index contributed by atoms with van der Waals surface area (Å²) in [6.45, 7) is 0.823. The lowest BCUT2D eigenvalue weighted by atomic mass is 10.1. The van der Waals surface area contributed by atoms with Crippen LogP contribution in [0, 0.1) is 0 Å². The minimum Gasteiger partial charge on any atom is -0.356 e. The van der Waals surface area contributed by atoms with Crippen LogP contribution in [0.25, 0.3) is 22.2 Å². The van der Waals surface area contributed by atoms with Crippen LogP contribution in [-0.2, 0) is 4.74 Å². The normalized spacial score (nSPS) is 18.7. The molecule has 0 saturated carbocycles. The van der Waals surface area contributed by atoms with Crippen LogP contribution < -0.4 is 0 Å². The van der Waals surface area contributed by atoms with Gasteiger partial charge >= 0.3 is 0 Å². The molecule has 112 valence electrons. The molecule has 0 aliphatic carbocycles. The quantitative estimate of drug-likeness (QED) is 0.633. The molecule has 0 radical (unpaired) electrons. The third-order valence-corrected chi connectivity index (χ3v) is 4.64. The van der Waals surface area contributed by atoms with Crippen molar-refractivity contribution in [1.82, 2.24) is 9.78 Å². The molecule has 1 atom stereocenters. The Labute approximate surface area is 138 Å². The lowest BCUT2D eigenvalue weighted by Crippen LogP contribution is -2.19. The van der Waals surface area contributed by atoms with Crippen LogP contribution in [0.4, 0.5) is 0 Å². The monoisotopic (exact) mass is 356 g/mol. The standard InChI is InChI=1S/C18H17BrN2O/c19-14-9-10-16-15(12-14)18(13-6-2-1-3-7-13)20-21(16)17-8-4-5-11-22-17/h1-3,6-7,9-10,12,17H,4-5,8,11H2. The number of benzene rings is 2. The number of hydrogen-bond donors (Lipinski definition) is 0. The van der Waals surface area contributed by atoms with Crippen molar-refractivity contribution in [3.63, 3.8) is 0 Å². The second kappa shape index (κ2) is 5.86. The van der Waals surface area contributed by atoms with Crippen molar-refractivity contribution < 1.29 is 4.74 Å². The zero-order valence-corrected chi connectivity index (χ0v) is 13.8. The van der Waals surface area contributed by atoms with Crippen LogP contribution in [0.3, 0.4) is 0 Å². The second-order valence-electron chi connectivity index (χ2n) is 5.64.